The summed E-state index contributed by atoms with van der Waals surface area (Å²) in [6.07, 6.45) is 1.95. The third kappa shape index (κ3) is 9.99. The number of amides is 2. The predicted molar refractivity (Wildman–Crippen MR) is 81.3 cm³/mol. The largest absolute Gasteiger partial charge is 0.337 e. The van der Waals surface area contributed by atoms with Gasteiger partial charge in [-0.05, 0) is 40.9 Å². The average Bonchev–Trinajstić information content (AvgIpc) is 2.23. The minimum Gasteiger partial charge on any atom is -0.337 e. The molecule has 0 bridgehead atoms. The quantitative estimate of drug-likeness (QED) is 0.623. The van der Waals surface area contributed by atoms with Crippen LogP contribution in [0, 0.1) is 0 Å². The Bertz CT molecular complexity index is 382. The average molecular weight is 308 g/mol. The Morgan fingerprint density at radius 1 is 1.15 bits per heavy atom. The van der Waals surface area contributed by atoms with E-state index >= 15 is 0 Å². The minimum atomic E-state index is -3.24. The third-order valence-electron chi connectivity index (χ3n) is 2.55. The smallest absolute Gasteiger partial charge is 0.315 e. The molecule has 0 aliphatic carbocycles. The molecule has 2 N–H and O–H groups in total. The first kappa shape index (κ1) is 19.1. The van der Waals surface area contributed by atoms with E-state index in [9.17, 15) is 13.2 Å². The molecule has 0 aliphatic heterocycles. The Morgan fingerprint density at radius 3 is 2.20 bits per heavy atom. The van der Waals surface area contributed by atoms with Crippen molar-refractivity contribution in [2.75, 3.05) is 46.5 Å². The molecule has 0 heterocycles. The molecule has 0 spiro atoms. The molecule has 7 nitrogen and oxygen atoms in total. The Labute approximate surface area is 122 Å². The summed E-state index contributed by atoms with van der Waals surface area (Å²) in [5, 5.41) is 5.34. The topological polar surface area (TPSA) is 81.8 Å². The lowest BCUT2D eigenvalue weighted by atomic mass is 10.4. The zero-order valence-electron chi connectivity index (χ0n) is 13.1. The number of carbonyl (C=O) groups excluding carboxylic acids is 1. The lowest BCUT2D eigenvalue weighted by Crippen LogP contribution is -2.44. The molecular formula is C12H28N4O3S. The van der Waals surface area contributed by atoms with Crippen molar-refractivity contribution >= 4 is 16.1 Å². The van der Waals surface area contributed by atoms with Crippen LogP contribution in [0.2, 0.25) is 0 Å². The molecule has 0 radical (unpaired) electrons. The number of hydrogen-bond acceptors (Lipinski definition) is 4. The molecule has 0 aromatic carbocycles. The maximum absolute atomic E-state index is 11.6. The van der Waals surface area contributed by atoms with E-state index in [1.54, 1.807) is 0 Å². The van der Waals surface area contributed by atoms with Gasteiger partial charge in [0.2, 0.25) is 10.0 Å². The van der Waals surface area contributed by atoms with E-state index in [4.69, 9.17) is 0 Å². The maximum atomic E-state index is 11.6. The molecule has 2 amide bonds. The fraction of sp³-hybridized carbons (Fsp3) is 0.917. The molecule has 0 rings (SSSR count). The van der Waals surface area contributed by atoms with Crippen molar-refractivity contribution in [2.24, 2.45) is 0 Å². The predicted octanol–water partition coefficient (Wildman–Crippen LogP) is -0.0927. The summed E-state index contributed by atoms with van der Waals surface area (Å²) in [6.45, 7) is 5.61. The normalized spacial score (nSPS) is 12.2. The molecular weight excluding hydrogens is 280 g/mol. The number of nitrogens with zero attached hydrogens (tertiary/aromatic N) is 2. The van der Waals surface area contributed by atoms with Crippen LogP contribution in [0.5, 0.6) is 0 Å². The van der Waals surface area contributed by atoms with Crippen molar-refractivity contribution in [3.8, 4) is 0 Å². The van der Waals surface area contributed by atoms with Crippen LogP contribution in [-0.4, -0.2) is 76.2 Å². The van der Waals surface area contributed by atoms with Gasteiger partial charge in [-0.15, -0.1) is 0 Å². The highest BCUT2D eigenvalue weighted by molar-refractivity contribution is 7.88. The lowest BCUT2D eigenvalue weighted by molar-refractivity contribution is 0.237. The Kier molecular flexibility index (Phi) is 8.75. The maximum Gasteiger partial charge on any atom is 0.315 e. The number of rotatable bonds is 9. The van der Waals surface area contributed by atoms with Crippen LogP contribution >= 0.6 is 0 Å². The van der Waals surface area contributed by atoms with E-state index in [2.05, 4.69) is 10.6 Å². The number of hydrogen-bond donors (Lipinski definition) is 2. The summed E-state index contributed by atoms with van der Waals surface area (Å²) in [5.74, 6) is 0. The molecule has 20 heavy (non-hydrogen) atoms. The summed E-state index contributed by atoms with van der Waals surface area (Å²) in [6, 6.07) is -0.220. The molecule has 0 atom stereocenters. The van der Waals surface area contributed by atoms with Gasteiger partial charge >= 0.3 is 6.03 Å². The van der Waals surface area contributed by atoms with Gasteiger partial charge in [0.1, 0.15) is 0 Å². The van der Waals surface area contributed by atoms with Crippen LogP contribution in [0.25, 0.3) is 0 Å². The molecule has 0 saturated heterocycles. The fourth-order valence-electron chi connectivity index (χ4n) is 1.61. The standard InChI is InChI=1S/C12H28N4O3S/c1-11(2)14-12(17)13-7-10-16(20(5,18)19)9-6-8-15(3)4/h11H,6-10H2,1-5H3,(H2,13,14,17). The van der Waals surface area contributed by atoms with E-state index in [0.29, 0.717) is 13.1 Å². The second-order valence-corrected chi connectivity index (χ2v) is 7.36. The van der Waals surface area contributed by atoms with Crippen LogP contribution in [0.3, 0.4) is 0 Å². The van der Waals surface area contributed by atoms with Crippen molar-refractivity contribution in [1.82, 2.24) is 19.8 Å². The number of sulfonamides is 1. The molecule has 0 unspecified atom stereocenters. The molecule has 0 aliphatic rings. The summed E-state index contributed by atoms with van der Waals surface area (Å²) in [7, 11) is 0.653. The number of carbonyl (C=O) groups is 1. The van der Waals surface area contributed by atoms with E-state index in [0.717, 1.165) is 13.0 Å². The molecule has 120 valence electrons. The summed E-state index contributed by atoms with van der Waals surface area (Å²) < 4.78 is 24.7. The van der Waals surface area contributed by atoms with Gasteiger partial charge < -0.3 is 15.5 Å². The van der Waals surface area contributed by atoms with Crippen molar-refractivity contribution in [3.63, 3.8) is 0 Å². The van der Waals surface area contributed by atoms with E-state index in [1.165, 1.54) is 10.6 Å². The van der Waals surface area contributed by atoms with Crippen molar-refractivity contribution in [3.05, 3.63) is 0 Å². The highest BCUT2D eigenvalue weighted by Crippen LogP contribution is 1.99. The SMILES string of the molecule is CC(C)NC(=O)NCCN(CCCN(C)C)S(C)(=O)=O. The molecule has 0 aromatic rings. The zero-order valence-corrected chi connectivity index (χ0v) is 14.0. The number of nitrogens with one attached hydrogen (secondary N) is 2. The molecule has 0 saturated carbocycles. The summed E-state index contributed by atoms with van der Waals surface area (Å²) in [5.41, 5.74) is 0. The first-order valence-corrected chi connectivity index (χ1v) is 8.62. The van der Waals surface area contributed by atoms with Crippen LogP contribution in [0.15, 0.2) is 0 Å². The second kappa shape index (κ2) is 9.15. The molecule has 0 aromatic heterocycles. The highest BCUT2D eigenvalue weighted by Gasteiger charge is 2.16. The van der Waals surface area contributed by atoms with Crippen molar-refractivity contribution < 1.29 is 13.2 Å². The van der Waals surface area contributed by atoms with Gasteiger partial charge in [-0.2, -0.15) is 0 Å². The highest BCUT2D eigenvalue weighted by atomic mass is 32.2. The lowest BCUT2D eigenvalue weighted by Gasteiger charge is -2.21. The van der Waals surface area contributed by atoms with Crippen LogP contribution in [0.4, 0.5) is 4.79 Å². The van der Waals surface area contributed by atoms with E-state index in [1.807, 2.05) is 32.8 Å². The Balaban J connectivity index is 4.15. The third-order valence-corrected chi connectivity index (χ3v) is 3.85. The monoisotopic (exact) mass is 308 g/mol. The van der Waals surface area contributed by atoms with Crippen molar-refractivity contribution in [2.45, 2.75) is 26.3 Å². The Morgan fingerprint density at radius 2 is 1.75 bits per heavy atom. The molecule has 8 heteroatoms. The molecule has 0 fully saturated rings. The van der Waals surface area contributed by atoms with Gasteiger partial charge in [-0.1, -0.05) is 0 Å². The first-order chi connectivity index (χ1) is 9.12. The summed E-state index contributed by atoms with van der Waals surface area (Å²) in [4.78, 5) is 13.4. The van der Waals surface area contributed by atoms with Gasteiger partial charge in [0, 0.05) is 25.7 Å². The van der Waals surface area contributed by atoms with Gasteiger partial charge in [0.25, 0.3) is 0 Å². The second-order valence-electron chi connectivity index (χ2n) is 5.37. The zero-order chi connectivity index (χ0) is 15.8. The van der Waals surface area contributed by atoms with Crippen LogP contribution in [-0.2, 0) is 10.0 Å². The Hall–Kier alpha value is -0.860. The van der Waals surface area contributed by atoms with Crippen LogP contribution in [0.1, 0.15) is 20.3 Å². The van der Waals surface area contributed by atoms with Crippen LogP contribution < -0.4 is 10.6 Å². The first-order valence-electron chi connectivity index (χ1n) is 6.77. The van der Waals surface area contributed by atoms with Gasteiger partial charge in [-0.25, -0.2) is 17.5 Å². The van der Waals surface area contributed by atoms with Gasteiger partial charge in [-0.3, -0.25) is 0 Å². The van der Waals surface area contributed by atoms with E-state index < -0.39 is 10.0 Å². The van der Waals surface area contributed by atoms with Crippen molar-refractivity contribution in [1.29, 1.82) is 0 Å². The van der Waals surface area contributed by atoms with Gasteiger partial charge in [0.05, 0.1) is 6.26 Å². The minimum absolute atomic E-state index is 0.0566. The number of urea groups is 1. The van der Waals surface area contributed by atoms with E-state index in [-0.39, 0.29) is 18.6 Å². The fourth-order valence-corrected chi connectivity index (χ4v) is 2.50. The van der Waals surface area contributed by atoms with Gasteiger partial charge in [0.15, 0.2) is 0 Å². The summed E-state index contributed by atoms with van der Waals surface area (Å²) >= 11 is 0.